The molecule has 1 aliphatic heterocycles. The smallest absolute Gasteiger partial charge is 0.177 e. The Kier molecular flexibility index (Phi) is 4.01. The summed E-state index contributed by atoms with van der Waals surface area (Å²) < 4.78 is 29.7. The van der Waals surface area contributed by atoms with Crippen LogP contribution < -0.4 is 4.90 Å². The number of thiophene rings is 1. The molecule has 112 valence electrons. The van der Waals surface area contributed by atoms with Gasteiger partial charge in [-0.05, 0) is 34.5 Å². The van der Waals surface area contributed by atoms with E-state index in [0.29, 0.717) is 24.6 Å². The number of hydrogen-bond donors (Lipinski definition) is 0. The Morgan fingerprint density at radius 2 is 2.10 bits per heavy atom. The van der Waals surface area contributed by atoms with Gasteiger partial charge < -0.3 is 9.64 Å². The van der Waals surface area contributed by atoms with Crippen LogP contribution in [0.5, 0.6) is 0 Å². The molecule has 2 heterocycles. The standard InChI is InChI=1S/C15H17NO3S2/c1-21(17,18)15-5-3-2-4-13(15)16-7-8-19-14(10-16)12-6-9-20-11-12/h2-6,9,11,14H,7-8,10H2,1H3/t14-/m0/s1. The molecule has 21 heavy (non-hydrogen) atoms. The van der Waals surface area contributed by atoms with Gasteiger partial charge in [-0.2, -0.15) is 11.3 Å². The van der Waals surface area contributed by atoms with Crippen molar-refractivity contribution in [3.05, 3.63) is 46.7 Å². The quantitative estimate of drug-likeness (QED) is 0.871. The first-order valence-electron chi connectivity index (χ1n) is 6.73. The molecule has 1 aliphatic rings. The molecular formula is C15H17NO3S2. The highest BCUT2D eigenvalue weighted by molar-refractivity contribution is 7.90. The molecule has 1 saturated heterocycles. The zero-order chi connectivity index (χ0) is 14.9. The molecule has 1 fully saturated rings. The predicted octanol–water partition coefficient (Wildman–Crippen LogP) is 2.73. The maximum absolute atomic E-state index is 12.0. The molecule has 1 atom stereocenters. The lowest BCUT2D eigenvalue weighted by Gasteiger charge is -2.35. The summed E-state index contributed by atoms with van der Waals surface area (Å²) >= 11 is 1.64. The third-order valence-electron chi connectivity index (χ3n) is 3.59. The van der Waals surface area contributed by atoms with Crippen LogP contribution in [-0.2, 0) is 14.6 Å². The maximum Gasteiger partial charge on any atom is 0.177 e. The largest absolute Gasteiger partial charge is 0.370 e. The molecule has 0 N–H and O–H groups in total. The number of anilines is 1. The van der Waals surface area contributed by atoms with E-state index in [1.54, 1.807) is 23.5 Å². The van der Waals surface area contributed by atoms with Crippen LogP contribution in [0.25, 0.3) is 0 Å². The molecule has 0 unspecified atom stereocenters. The van der Waals surface area contributed by atoms with Gasteiger partial charge >= 0.3 is 0 Å². The molecule has 0 aliphatic carbocycles. The first kappa shape index (κ1) is 14.6. The van der Waals surface area contributed by atoms with Gasteiger partial charge in [-0.1, -0.05) is 12.1 Å². The van der Waals surface area contributed by atoms with Gasteiger partial charge in [0.15, 0.2) is 9.84 Å². The summed E-state index contributed by atoms with van der Waals surface area (Å²) in [4.78, 5) is 2.48. The molecule has 0 bridgehead atoms. The van der Waals surface area contributed by atoms with Gasteiger partial charge in [0.1, 0.15) is 6.10 Å². The molecular weight excluding hydrogens is 306 g/mol. The molecule has 4 nitrogen and oxygen atoms in total. The Balaban J connectivity index is 1.91. The minimum atomic E-state index is -3.23. The summed E-state index contributed by atoms with van der Waals surface area (Å²) in [5, 5.41) is 4.11. The molecule has 2 aromatic rings. The minimum absolute atomic E-state index is 0.00221. The van der Waals surface area contributed by atoms with Gasteiger partial charge in [0, 0.05) is 19.3 Å². The summed E-state index contributed by atoms with van der Waals surface area (Å²) in [7, 11) is -3.23. The number of ether oxygens (including phenoxy) is 1. The highest BCUT2D eigenvalue weighted by Gasteiger charge is 2.25. The van der Waals surface area contributed by atoms with E-state index < -0.39 is 9.84 Å². The molecule has 3 rings (SSSR count). The van der Waals surface area contributed by atoms with Crippen LogP contribution >= 0.6 is 11.3 Å². The average Bonchev–Trinajstić information content (AvgIpc) is 3.01. The van der Waals surface area contributed by atoms with Gasteiger partial charge in [0.2, 0.25) is 0 Å². The van der Waals surface area contributed by atoms with Crippen molar-refractivity contribution in [3.63, 3.8) is 0 Å². The highest BCUT2D eigenvalue weighted by Crippen LogP contribution is 2.31. The van der Waals surface area contributed by atoms with Crippen molar-refractivity contribution in [2.24, 2.45) is 0 Å². The van der Waals surface area contributed by atoms with Crippen molar-refractivity contribution < 1.29 is 13.2 Å². The lowest BCUT2D eigenvalue weighted by Crippen LogP contribution is -2.38. The molecule has 0 amide bonds. The highest BCUT2D eigenvalue weighted by atomic mass is 32.2. The summed E-state index contributed by atoms with van der Waals surface area (Å²) in [5.74, 6) is 0. The second-order valence-electron chi connectivity index (χ2n) is 5.10. The van der Waals surface area contributed by atoms with Crippen LogP contribution in [0.1, 0.15) is 11.7 Å². The number of hydrogen-bond acceptors (Lipinski definition) is 5. The van der Waals surface area contributed by atoms with E-state index in [-0.39, 0.29) is 6.10 Å². The number of benzene rings is 1. The number of rotatable bonds is 3. The zero-order valence-electron chi connectivity index (χ0n) is 11.7. The number of morpholine rings is 1. The van der Waals surface area contributed by atoms with Crippen LogP contribution in [-0.4, -0.2) is 34.4 Å². The Labute approximate surface area is 128 Å². The van der Waals surface area contributed by atoms with Crippen molar-refractivity contribution in [3.8, 4) is 0 Å². The summed E-state index contributed by atoms with van der Waals surface area (Å²) in [6.45, 7) is 1.97. The van der Waals surface area contributed by atoms with E-state index in [1.807, 2.05) is 17.5 Å². The second kappa shape index (κ2) is 5.79. The fraction of sp³-hybridized carbons (Fsp3) is 0.333. The van der Waals surface area contributed by atoms with Crippen LogP contribution in [0.2, 0.25) is 0 Å². The topological polar surface area (TPSA) is 46.6 Å². The summed E-state index contributed by atoms with van der Waals surface area (Å²) in [6.07, 6.45) is 1.25. The number of para-hydroxylation sites is 1. The molecule has 1 aromatic carbocycles. The van der Waals surface area contributed by atoms with E-state index in [0.717, 1.165) is 11.3 Å². The van der Waals surface area contributed by atoms with Crippen LogP contribution in [0.15, 0.2) is 46.0 Å². The third-order valence-corrected chi connectivity index (χ3v) is 5.43. The molecule has 0 saturated carbocycles. The summed E-state index contributed by atoms with van der Waals surface area (Å²) in [6, 6.07) is 9.23. The van der Waals surface area contributed by atoms with Crippen LogP contribution in [0.3, 0.4) is 0 Å². The molecule has 1 aromatic heterocycles. The van der Waals surface area contributed by atoms with E-state index in [2.05, 4.69) is 16.3 Å². The van der Waals surface area contributed by atoms with Crippen molar-refractivity contribution in [2.75, 3.05) is 30.9 Å². The van der Waals surface area contributed by atoms with Crippen molar-refractivity contribution in [1.29, 1.82) is 0 Å². The summed E-state index contributed by atoms with van der Waals surface area (Å²) in [5.41, 5.74) is 1.92. The number of nitrogens with zero attached hydrogens (tertiary/aromatic N) is 1. The lowest BCUT2D eigenvalue weighted by atomic mass is 10.1. The van der Waals surface area contributed by atoms with Crippen molar-refractivity contribution >= 4 is 26.9 Å². The Hall–Kier alpha value is -1.37. The van der Waals surface area contributed by atoms with Crippen LogP contribution in [0, 0.1) is 0 Å². The fourth-order valence-electron chi connectivity index (χ4n) is 2.56. The van der Waals surface area contributed by atoms with Gasteiger partial charge in [0.05, 0.1) is 17.2 Å². The normalized spacial score (nSPS) is 19.7. The lowest BCUT2D eigenvalue weighted by molar-refractivity contribution is 0.0399. The van der Waals surface area contributed by atoms with Gasteiger partial charge in [-0.15, -0.1) is 0 Å². The molecule has 0 spiro atoms. The third kappa shape index (κ3) is 3.12. The molecule has 6 heteroatoms. The van der Waals surface area contributed by atoms with E-state index >= 15 is 0 Å². The SMILES string of the molecule is CS(=O)(=O)c1ccccc1N1CCO[C@H](c2ccsc2)C1. The van der Waals surface area contributed by atoms with Crippen molar-refractivity contribution in [2.45, 2.75) is 11.0 Å². The predicted molar refractivity (Wildman–Crippen MR) is 84.8 cm³/mol. The minimum Gasteiger partial charge on any atom is -0.370 e. The second-order valence-corrected chi connectivity index (χ2v) is 7.87. The first-order chi connectivity index (χ1) is 10.1. The van der Waals surface area contributed by atoms with E-state index in [4.69, 9.17) is 4.74 Å². The van der Waals surface area contributed by atoms with E-state index in [1.165, 1.54) is 6.26 Å². The Morgan fingerprint density at radius 1 is 1.29 bits per heavy atom. The fourth-order valence-corrected chi connectivity index (χ4v) is 4.16. The molecule has 0 radical (unpaired) electrons. The van der Waals surface area contributed by atoms with Gasteiger partial charge in [-0.3, -0.25) is 0 Å². The van der Waals surface area contributed by atoms with Gasteiger partial charge in [0.25, 0.3) is 0 Å². The number of sulfone groups is 1. The average molecular weight is 323 g/mol. The monoisotopic (exact) mass is 323 g/mol. The Bertz CT molecular complexity index is 710. The van der Waals surface area contributed by atoms with Crippen LogP contribution in [0.4, 0.5) is 5.69 Å². The van der Waals surface area contributed by atoms with E-state index in [9.17, 15) is 8.42 Å². The Morgan fingerprint density at radius 3 is 2.81 bits per heavy atom. The van der Waals surface area contributed by atoms with Gasteiger partial charge in [-0.25, -0.2) is 8.42 Å². The first-order valence-corrected chi connectivity index (χ1v) is 9.57. The maximum atomic E-state index is 12.0. The zero-order valence-corrected chi connectivity index (χ0v) is 13.4. The van der Waals surface area contributed by atoms with Crippen molar-refractivity contribution in [1.82, 2.24) is 0 Å².